The Morgan fingerprint density at radius 2 is 2.12 bits per heavy atom. The largest absolute Gasteiger partial charge is 0.444 e. The average Bonchev–Trinajstić information content (AvgIpc) is 2.51. The second-order valence-corrected chi connectivity index (χ2v) is 7.31. The van der Waals surface area contributed by atoms with Crippen LogP contribution >= 0.6 is 0 Å². The normalized spacial score (nSPS) is 18.9. The molecule has 0 radical (unpaired) electrons. The molecule has 0 aliphatic carbocycles. The number of ether oxygens (including phenoxy) is 2. The number of benzene rings is 1. The molecular weight excluding hydrogens is 306 g/mol. The summed E-state index contributed by atoms with van der Waals surface area (Å²) >= 11 is 0. The van der Waals surface area contributed by atoms with Crippen LogP contribution < -0.4 is 0 Å². The number of hydrogen-bond acceptors (Lipinski definition) is 4. The van der Waals surface area contributed by atoms with E-state index in [1.165, 1.54) is 18.2 Å². The highest BCUT2D eigenvalue weighted by Crippen LogP contribution is 2.33. The number of aliphatic hydroxyl groups is 1. The third-order valence-electron chi connectivity index (χ3n) is 4.39. The zero-order valence-corrected chi connectivity index (χ0v) is 15.3. The molecule has 0 aromatic heterocycles. The maximum absolute atomic E-state index is 12.4. The van der Waals surface area contributed by atoms with E-state index in [1.807, 2.05) is 33.8 Å². The fraction of sp³-hybridized carbons (Fsp3) is 0.632. The number of methoxy groups -OCH3 is 1. The minimum Gasteiger partial charge on any atom is -0.444 e. The average molecular weight is 335 g/mol. The number of amides is 1. The Morgan fingerprint density at radius 1 is 1.42 bits per heavy atom. The molecule has 1 unspecified atom stereocenters. The molecule has 2 rings (SSSR count). The lowest BCUT2D eigenvalue weighted by Gasteiger charge is -2.37. The first-order valence-electron chi connectivity index (χ1n) is 8.54. The monoisotopic (exact) mass is 335 g/mol. The fourth-order valence-electron chi connectivity index (χ4n) is 3.15. The smallest absolute Gasteiger partial charge is 0.410 e. The molecule has 0 fully saturated rings. The van der Waals surface area contributed by atoms with Crippen molar-refractivity contribution in [3.63, 3.8) is 0 Å². The zero-order chi connectivity index (χ0) is 17.9. The molecule has 1 N–H and O–H groups in total. The summed E-state index contributed by atoms with van der Waals surface area (Å²) in [6.07, 6.45) is 1.13. The number of aliphatic hydroxyl groups excluding tert-OH is 1. The topological polar surface area (TPSA) is 59.0 Å². The van der Waals surface area contributed by atoms with Gasteiger partial charge in [-0.3, -0.25) is 0 Å². The number of nitrogens with zero attached hydrogens (tertiary/aromatic N) is 1. The van der Waals surface area contributed by atoms with Crippen molar-refractivity contribution in [2.45, 2.75) is 64.9 Å². The van der Waals surface area contributed by atoms with Gasteiger partial charge in [0.25, 0.3) is 0 Å². The Morgan fingerprint density at radius 3 is 2.75 bits per heavy atom. The summed E-state index contributed by atoms with van der Waals surface area (Å²) in [5, 5.41) is 9.61. The molecule has 1 heterocycles. The number of carbonyl (C=O) groups excluding carboxylic acids is 1. The molecule has 1 aliphatic rings. The van der Waals surface area contributed by atoms with Crippen molar-refractivity contribution in [1.82, 2.24) is 4.90 Å². The van der Waals surface area contributed by atoms with Crippen LogP contribution in [0.4, 0.5) is 4.79 Å². The standard InChI is InChI=1S/C19H29NO4/c1-13-15-8-6-7-14(9-10-17(21)23-5)16(15)11-12-20(13)18(22)24-19(2,3)4/h6-8,13,17,21H,9-12H2,1-5H3/t13-,17?/m0/s1. The van der Waals surface area contributed by atoms with Crippen LogP contribution in [0.5, 0.6) is 0 Å². The van der Waals surface area contributed by atoms with Crippen LogP contribution in [0.15, 0.2) is 18.2 Å². The SMILES string of the molecule is COC(O)CCc1cccc2c1CCN(C(=O)OC(C)(C)C)[C@H]2C. The molecule has 0 saturated carbocycles. The summed E-state index contributed by atoms with van der Waals surface area (Å²) in [4.78, 5) is 14.2. The van der Waals surface area contributed by atoms with Gasteiger partial charge in [0.1, 0.15) is 5.60 Å². The highest BCUT2D eigenvalue weighted by atomic mass is 16.6. The molecule has 0 bridgehead atoms. The van der Waals surface area contributed by atoms with Crippen molar-refractivity contribution < 1.29 is 19.4 Å². The van der Waals surface area contributed by atoms with Gasteiger partial charge in [-0.2, -0.15) is 0 Å². The first kappa shape index (κ1) is 18.7. The van der Waals surface area contributed by atoms with E-state index in [-0.39, 0.29) is 12.1 Å². The number of aryl methyl sites for hydroxylation is 1. The van der Waals surface area contributed by atoms with Gasteiger partial charge in [0, 0.05) is 20.1 Å². The van der Waals surface area contributed by atoms with Crippen molar-refractivity contribution >= 4 is 6.09 Å². The van der Waals surface area contributed by atoms with E-state index in [2.05, 4.69) is 12.1 Å². The minimum absolute atomic E-state index is 0.0177. The van der Waals surface area contributed by atoms with Crippen LogP contribution in [-0.2, 0) is 22.3 Å². The van der Waals surface area contributed by atoms with Gasteiger partial charge >= 0.3 is 6.09 Å². The number of carbonyl (C=O) groups is 1. The highest BCUT2D eigenvalue weighted by Gasteiger charge is 2.31. The van der Waals surface area contributed by atoms with Crippen LogP contribution in [0.3, 0.4) is 0 Å². The quantitative estimate of drug-likeness (QED) is 0.856. The predicted molar refractivity (Wildman–Crippen MR) is 92.8 cm³/mol. The molecule has 24 heavy (non-hydrogen) atoms. The van der Waals surface area contributed by atoms with Crippen LogP contribution in [0.2, 0.25) is 0 Å². The molecule has 0 spiro atoms. The maximum Gasteiger partial charge on any atom is 0.410 e. The Kier molecular flexibility index (Phi) is 5.88. The molecule has 5 nitrogen and oxygen atoms in total. The Bertz CT molecular complexity index is 579. The predicted octanol–water partition coefficient (Wildman–Crippen LogP) is 3.44. The summed E-state index contributed by atoms with van der Waals surface area (Å²) in [6.45, 7) is 8.33. The molecule has 0 saturated heterocycles. The fourth-order valence-corrected chi connectivity index (χ4v) is 3.15. The van der Waals surface area contributed by atoms with Crippen LogP contribution in [0.1, 0.15) is 56.8 Å². The third-order valence-corrected chi connectivity index (χ3v) is 4.39. The molecule has 1 aromatic rings. The molecule has 1 amide bonds. The van der Waals surface area contributed by atoms with Gasteiger partial charge in [-0.15, -0.1) is 0 Å². The molecular formula is C19H29NO4. The summed E-state index contributed by atoms with van der Waals surface area (Å²) in [5.41, 5.74) is 3.18. The first-order chi connectivity index (χ1) is 11.2. The maximum atomic E-state index is 12.4. The van der Waals surface area contributed by atoms with Gasteiger partial charge in [-0.1, -0.05) is 18.2 Å². The van der Waals surface area contributed by atoms with E-state index in [9.17, 15) is 9.90 Å². The second kappa shape index (κ2) is 7.53. The number of fused-ring (bicyclic) bond motifs is 1. The van der Waals surface area contributed by atoms with E-state index >= 15 is 0 Å². The number of rotatable bonds is 4. The van der Waals surface area contributed by atoms with Crippen molar-refractivity contribution in [2.24, 2.45) is 0 Å². The Labute approximate surface area is 144 Å². The zero-order valence-electron chi connectivity index (χ0n) is 15.3. The van der Waals surface area contributed by atoms with Crippen molar-refractivity contribution in [3.05, 3.63) is 34.9 Å². The van der Waals surface area contributed by atoms with Gasteiger partial charge in [0.2, 0.25) is 0 Å². The summed E-state index contributed by atoms with van der Waals surface area (Å²) < 4.78 is 10.4. The van der Waals surface area contributed by atoms with Crippen LogP contribution in [0.25, 0.3) is 0 Å². The van der Waals surface area contributed by atoms with Crippen molar-refractivity contribution in [3.8, 4) is 0 Å². The lowest BCUT2D eigenvalue weighted by atomic mass is 9.88. The molecule has 1 aliphatic heterocycles. The lowest BCUT2D eigenvalue weighted by molar-refractivity contribution is -0.0777. The van der Waals surface area contributed by atoms with E-state index in [0.717, 1.165) is 18.4 Å². The van der Waals surface area contributed by atoms with Gasteiger partial charge in [-0.05, 0) is 57.2 Å². The highest BCUT2D eigenvalue weighted by molar-refractivity contribution is 5.69. The van der Waals surface area contributed by atoms with Crippen LogP contribution in [0, 0.1) is 0 Å². The number of hydrogen-bond donors (Lipinski definition) is 1. The lowest BCUT2D eigenvalue weighted by Crippen LogP contribution is -2.42. The van der Waals surface area contributed by atoms with Gasteiger partial charge in [0.15, 0.2) is 6.29 Å². The summed E-state index contributed by atoms with van der Waals surface area (Å²) in [6, 6.07) is 6.17. The summed E-state index contributed by atoms with van der Waals surface area (Å²) in [7, 11) is 1.51. The molecule has 5 heteroatoms. The van der Waals surface area contributed by atoms with Gasteiger partial charge in [-0.25, -0.2) is 4.79 Å². The Hall–Kier alpha value is -1.59. The molecule has 1 aromatic carbocycles. The summed E-state index contributed by atoms with van der Waals surface area (Å²) in [5.74, 6) is 0. The van der Waals surface area contributed by atoms with Gasteiger partial charge in [0.05, 0.1) is 6.04 Å². The van der Waals surface area contributed by atoms with Gasteiger partial charge < -0.3 is 19.5 Å². The minimum atomic E-state index is -0.736. The molecule has 134 valence electrons. The second-order valence-electron chi connectivity index (χ2n) is 7.31. The van der Waals surface area contributed by atoms with Crippen molar-refractivity contribution in [1.29, 1.82) is 0 Å². The van der Waals surface area contributed by atoms with E-state index in [4.69, 9.17) is 9.47 Å². The first-order valence-corrected chi connectivity index (χ1v) is 8.54. The van der Waals surface area contributed by atoms with Crippen LogP contribution in [-0.4, -0.2) is 41.6 Å². The van der Waals surface area contributed by atoms with E-state index in [0.29, 0.717) is 13.0 Å². The van der Waals surface area contributed by atoms with E-state index < -0.39 is 11.9 Å². The van der Waals surface area contributed by atoms with Crippen molar-refractivity contribution in [2.75, 3.05) is 13.7 Å². The Balaban J connectivity index is 2.16. The molecule has 2 atom stereocenters. The third kappa shape index (κ3) is 4.48. The van der Waals surface area contributed by atoms with E-state index in [1.54, 1.807) is 4.90 Å².